The van der Waals surface area contributed by atoms with Crippen molar-refractivity contribution in [2.24, 2.45) is 7.05 Å². The Morgan fingerprint density at radius 3 is 2.62 bits per heavy atom. The average Bonchev–Trinajstić information content (AvgIpc) is 3.02. The number of imidazole rings is 1. The van der Waals surface area contributed by atoms with E-state index in [4.69, 9.17) is 4.98 Å². The summed E-state index contributed by atoms with van der Waals surface area (Å²) in [5, 5.41) is 0. The van der Waals surface area contributed by atoms with Crippen LogP contribution in [0.2, 0.25) is 0 Å². The molecule has 0 unspecified atom stereocenters. The van der Waals surface area contributed by atoms with Gasteiger partial charge in [-0.2, -0.15) is 0 Å². The number of aryl methyl sites for hydroxylation is 1. The molecule has 1 aliphatic rings. The molecule has 0 N–H and O–H groups in total. The van der Waals surface area contributed by atoms with E-state index in [1.54, 1.807) is 0 Å². The van der Waals surface area contributed by atoms with E-state index >= 15 is 0 Å². The van der Waals surface area contributed by atoms with Gasteiger partial charge in [0.2, 0.25) is 0 Å². The van der Waals surface area contributed by atoms with Crippen molar-refractivity contribution in [2.45, 2.75) is 32.2 Å². The van der Waals surface area contributed by atoms with Crippen molar-refractivity contribution < 1.29 is 0 Å². The molecule has 0 radical (unpaired) electrons. The molecule has 0 saturated carbocycles. The fourth-order valence-corrected chi connectivity index (χ4v) is 3.58. The Morgan fingerprint density at radius 1 is 1.08 bits per heavy atom. The molecule has 1 saturated heterocycles. The largest absolute Gasteiger partial charge is 0.330 e. The van der Waals surface area contributed by atoms with Gasteiger partial charge in [0.25, 0.3) is 0 Å². The minimum absolute atomic E-state index is 0.474. The Morgan fingerprint density at radius 2 is 1.92 bits per heavy atom. The molecule has 0 spiro atoms. The van der Waals surface area contributed by atoms with Crippen LogP contribution in [0.15, 0.2) is 43.1 Å². The summed E-state index contributed by atoms with van der Waals surface area (Å²) in [6, 6.07) is 4.15. The number of hydrogen-bond acceptors (Lipinski definition) is 5. The molecule has 3 aromatic rings. The molecule has 26 heavy (non-hydrogen) atoms. The minimum Gasteiger partial charge on any atom is -0.330 e. The third-order valence-electron chi connectivity index (χ3n) is 5.27. The highest BCUT2D eigenvalue weighted by Crippen LogP contribution is 2.28. The fraction of sp³-hybridized carbons (Fsp3) is 0.400. The predicted octanol–water partition coefficient (Wildman–Crippen LogP) is 2.96. The van der Waals surface area contributed by atoms with Crippen molar-refractivity contribution in [3.05, 3.63) is 60.2 Å². The summed E-state index contributed by atoms with van der Waals surface area (Å²) in [6.45, 7) is 5.13. The van der Waals surface area contributed by atoms with E-state index < -0.39 is 0 Å². The second-order valence-corrected chi connectivity index (χ2v) is 6.99. The van der Waals surface area contributed by atoms with Crippen LogP contribution in [-0.4, -0.2) is 42.5 Å². The first-order valence-corrected chi connectivity index (χ1v) is 9.12. The van der Waals surface area contributed by atoms with Crippen LogP contribution in [0, 0.1) is 6.92 Å². The quantitative estimate of drug-likeness (QED) is 0.725. The smallest absolute Gasteiger partial charge is 0.107 e. The number of rotatable bonds is 4. The van der Waals surface area contributed by atoms with E-state index in [0.717, 1.165) is 55.4 Å². The van der Waals surface area contributed by atoms with Crippen molar-refractivity contribution in [2.75, 3.05) is 13.1 Å². The van der Waals surface area contributed by atoms with Crippen LogP contribution < -0.4 is 0 Å². The normalized spacial score (nSPS) is 16.1. The molecule has 4 rings (SSSR count). The van der Waals surface area contributed by atoms with E-state index in [1.165, 1.54) is 5.56 Å². The Labute approximate surface area is 154 Å². The summed E-state index contributed by atoms with van der Waals surface area (Å²) in [6.07, 6.45) is 11.6. The molecule has 6 heteroatoms. The molecule has 3 aromatic heterocycles. The van der Waals surface area contributed by atoms with Crippen LogP contribution in [0.5, 0.6) is 0 Å². The number of aromatic nitrogens is 5. The first-order valence-electron chi connectivity index (χ1n) is 9.12. The lowest BCUT2D eigenvalue weighted by molar-refractivity contribution is 0.203. The number of nitrogens with zero attached hydrogens (tertiary/aromatic N) is 6. The SMILES string of the molecule is Cc1ncc(-c2cncc(C3CCN(Cc4cccnc4)CC3)n2)n1C. The molecule has 4 heterocycles. The summed E-state index contributed by atoms with van der Waals surface area (Å²) < 4.78 is 2.06. The van der Waals surface area contributed by atoms with Gasteiger partial charge in [0.05, 0.1) is 23.8 Å². The van der Waals surface area contributed by atoms with Gasteiger partial charge in [-0.3, -0.25) is 14.9 Å². The van der Waals surface area contributed by atoms with Gasteiger partial charge in [-0.05, 0) is 44.5 Å². The molecule has 0 amide bonds. The van der Waals surface area contributed by atoms with E-state index in [9.17, 15) is 0 Å². The van der Waals surface area contributed by atoms with E-state index in [0.29, 0.717) is 5.92 Å². The standard InChI is InChI=1S/C20H24N6/c1-15-23-13-20(25(15)2)19-12-22-11-18(24-19)17-5-8-26(9-6-17)14-16-4-3-7-21-10-16/h3-4,7,10-13,17H,5-6,8-9,14H2,1-2H3. The maximum Gasteiger partial charge on any atom is 0.107 e. The Kier molecular flexibility index (Phi) is 4.75. The average molecular weight is 348 g/mol. The van der Waals surface area contributed by atoms with Crippen molar-refractivity contribution in [3.8, 4) is 11.4 Å². The molecule has 1 aliphatic heterocycles. The topological polar surface area (TPSA) is 59.7 Å². The molecular formula is C20H24N6. The number of likely N-dealkylation sites (tertiary alicyclic amines) is 1. The van der Waals surface area contributed by atoms with Gasteiger partial charge >= 0.3 is 0 Å². The van der Waals surface area contributed by atoms with Crippen LogP contribution >= 0.6 is 0 Å². The van der Waals surface area contributed by atoms with Crippen LogP contribution in [-0.2, 0) is 13.6 Å². The zero-order chi connectivity index (χ0) is 17.9. The maximum absolute atomic E-state index is 4.90. The van der Waals surface area contributed by atoms with Gasteiger partial charge in [0.1, 0.15) is 11.5 Å². The molecule has 0 aliphatic carbocycles. The lowest BCUT2D eigenvalue weighted by Crippen LogP contribution is -2.32. The molecule has 0 bridgehead atoms. The number of hydrogen-bond donors (Lipinski definition) is 0. The zero-order valence-electron chi connectivity index (χ0n) is 15.3. The van der Waals surface area contributed by atoms with Crippen LogP contribution in [0.4, 0.5) is 0 Å². The van der Waals surface area contributed by atoms with Crippen LogP contribution in [0.25, 0.3) is 11.4 Å². The highest BCUT2D eigenvalue weighted by molar-refractivity contribution is 5.53. The Hall–Kier alpha value is -2.60. The second kappa shape index (κ2) is 7.33. The summed E-state index contributed by atoms with van der Waals surface area (Å²) in [5.74, 6) is 1.46. The lowest BCUT2D eigenvalue weighted by Gasteiger charge is -2.31. The minimum atomic E-state index is 0.474. The zero-order valence-corrected chi connectivity index (χ0v) is 15.3. The van der Waals surface area contributed by atoms with E-state index in [2.05, 4.69) is 30.5 Å². The molecule has 134 valence electrons. The van der Waals surface area contributed by atoms with Gasteiger partial charge in [0.15, 0.2) is 0 Å². The first kappa shape index (κ1) is 16.8. The molecule has 0 atom stereocenters. The predicted molar refractivity (Wildman–Crippen MR) is 100 cm³/mol. The maximum atomic E-state index is 4.90. The number of pyridine rings is 1. The summed E-state index contributed by atoms with van der Waals surface area (Å²) >= 11 is 0. The highest BCUT2D eigenvalue weighted by atomic mass is 15.1. The van der Waals surface area contributed by atoms with Gasteiger partial charge in [0, 0.05) is 38.1 Å². The van der Waals surface area contributed by atoms with Gasteiger partial charge < -0.3 is 4.57 Å². The third-order valence-corrected chi connectivity index (χ3v) is 5.27. The van der Waals surface area contributed by atoms with E-state index in [1.807, 2.05) is 51.0 Å². The van der Waals surface area contributed by atoms with Gasteiger partial charge in [-0.1, -0.05) is 6.07 Å². The lowest BCUT2D eigenvalue weighted by atomic mass is 9.93. The summed E-state index contributed by atoms with van der Waals surface area (Å²) in [4.78, 5) is 20.4. The van der Waals surface area contributed by atoms with Crippen LogP contribution in [0.1, 0.15) is 35.8 Å². The van der Waals surface area contributed by atoms with Gasteiger partial charge in [-0.25, -0.2) is 9.97 Å². The molecule has 0 aromatic carbocycles. The van der Waals surface area contributed by atoms with Crippen molar-refractivity contribution in [1.82, 2.24) is 29.4 Å². The van der Waals surface area contributed by atoms with Crippen molar-refractivity contribution in [1.29, 1.82) is 0 Å². The van der Waals surface area contributed by atoms with Crippen molar-refractivity contribution >= 4 is 0 Å². The van der Waals surface area contributed by atoms with E-state index in [-0.39, 0.29) is 0 Å². The molecular weight excluding hydrogens is 324 g/mol. The summed E-state index contributed by atoms with van der Waals surface area (Å²) in [7, 11) is 2.02. The third kappa shape index (κ3) is 3.51. The monoisotopic (exact) mass is 348 g/mol. The van der Waals surface area contributed by atoms with Gasteiger partial charge in [-0.15, -0.1) is 0 Å². The molecule has 1 fully saturated rings. The fourth-order valence-electron chi connectivity index (χ4n) is 3.58. The molecule has 6 nitrogen and oxygen atoms in total. The second-order valence-electron chi connectivity index (χ2n) is 6.99. The van der Waals surface area contributed by atoms with Crippen LogP contribution in [0.3, 0.4) is 0 Å². The van der Waals surface area contributed by atoms with Crippen molar-refractivity contribution in [3.63, 3.8) is 0 Å². The highest BCUT2D eigenvalue weighted by Gasteiger charge is 2.22. The first-order chi connectivity index (χ1) is 12.7. The summed E-state index contributed by atoms with van der Waals surface area (Å²) in [5.41, 5.74) is 4.30. The Bertz CT molecular complexity index is 865. The Balaban J connectivity index is 1.43. The number of piperidine rings is 1.